The third-order valence-corrected chi connectivity index (χ3v) is 2.68. The highest BCUT2D eigenvalue weighted by atomic mass is 16.3. The van der Waals surface area contributed by atoms with Crippen molar-refractivity contribution in [3.8, 4) is 5.75 Å². The molecule has 3 N–H and O–H groups in total. The van der Waals surface area contributed by atoms with Crippen molar-refractivity contribution < 1.29 is 9.90 Å². The van der Waals surface area contributed by atoms with Gasteiger partial charge in [0, 0.05) is 19.2 Å². The molecule has 94 valence electrons. The molecule has 0 fully saturated rings. The maximum atomic E-state index is 12.1. The van der Waals surface area contributed by atoms with Crippen LogP contribution < -0.4 is 5.73 Å². The van der Waals surface area contributed by atoms with Crippen molar-refractivity contribution in [2.75, 3.05) is 20.1 Å². The first-order valence-electron chi connectivity index (χ1n) is 5.60. The zero-order valence-corrected chi connectivity index (χ0v) is 10.6. The van der Waals surface area contributed by atoms with E-state index in [1.165, 1.54) is 12.1 Å². The molecule has 0 saturated heterocycles. The van der Waals surface area contributed by atoms with Crippen molar-refractivity contribution in [1.29, 1.82) is 0 Å². The van der Waals surface area contributed by atoms with Crippen LogP contribution in [0.1, 0.15) is 24.2 Å². The summed E-state index contributed by atoms with van der Waals surface area (Å²) >= 11 is 0. The molecule has 1 amide bonds. The van der Waals surface area contributed by atoms with Crippen molar-refractivity contribution in [3.63, 3.8) is 0 Å². The normalized spacial score (nSPS) is 11.3. The van der Waals surface area contributed by atoms with Gasteiger partial charge in [0.1, 0.15) is 5.75 Å². The van der Waals surface area contributed by atoms with Crippen molar-refractivity contribution in [1.82, 2.24) is 4.90 Å². The average molecular weight is 236 g/mol. The highest BCUT2D eigenvalue weighted by Gasteiger charge is 2.21. The van der Waals surface area contributed by atoms with Gasteiger partial charge in [-0.3, -0.25) is 4.79 Å². The molecule has 0 heterocycles. The highest BCUT2D eigenvalue weighted by Crippen LogP contribution is 2.16. The number of amides is 1. The Bertz CT molecular complexity index is 385. The minimum absolute atomic E-state index is 0.0634. The Morgan fingerprint density at radius 1 is 1.35 bits per heavy atom. The standard InChI is InChI=1S/C13H20N2O2/c1-13(2,8-14)9-15(3)12(17)10-4-6-11(16)7-5-10/h4-7,16H,8-9,14H2,1-3H3. The molecule has 4 nitrogen and oxygen atoms in total. The lowest BCUT2D eigenvalue weighted by Gasteiger charge is -2.29. The van der Waals surface area contributed by atoms with E-state index in [1.54, 1.807) is 24.1 Å². The molecule has 0 bridgehead atoms. The third kappa shape index (κ3) is 3.75. The molecule has 0 unspecified atom stereocenters. The van der Waals surface area contributed by atoms with Crippen LogP contribution in [0.2, 0.25) is 0 Å². The number of nitrogens with zero attached hydrogens (tertiary/aromatic N) is 1. The molecule has 1 rings (SSSR count). The number of benzene rings is 1. The molecule has 0 aliphatic carbocycles. The van der Waals surface area contributed by atoms with Crippen LogP contribution >= 0.6 is 0 Å². The van der Waals surface area contributed by atoms with Crippen molar-refractivity contribution in [2.45, 2.75) is 13.8 Å². The lowest BCUT2D eigenvalue weighted by Crippen LogP contribution is -2.39. The van der Waals surface area contributed by atoms with Crippen LogP contribution in [0.5, 0.6) is 5.75 Å². The van der Waals surface area contributed by atoms with Gasteiger partial charge in [-0.1, -0.05) is 13.8 Å². The summed E-state index contributed by atoms with van der Waals surface area (Å²) in [6.45, 7) is 5.17. The maximum Gasteiger partial charge on any atom is 0.253 e. The summed E-state index contributed by atoms with van der Waals surface area (Å²) in [6, 6.07) is 6.25. The molecule has 0 spiro atoms. The predicted molar refractivity (Wildman–Crippen MR) is 67.9 cm³/mol. The fraction of sp³-hybridized carbons (Fsp3) is 0.462. The van der Waals surface area contributed by atoms with Crippen LogP contribution in [0, 0.1) is 5.41 Å². The second kappa shape index (κ2) is 5.19. The summed E-state index contributed by atoms with van der Waals surface area (Å²) in [5, 5.41) is 9.16. The SMILES string of the molecule is CN(CC(C)(C)CN)C(=O)c1ccc(O)cc1. The van der Waals surface area contributed by atoms with E-state index < -0.39 is 0 Å². The van der Waals surface area contributed by atoms with Crippen LogP contribution in [0.3, 0.4) is 0 Å². The zero-order chi connectivity index (χ0) is 13.1. The molecule has 4 heteroatoms. The van der Waals surface area contributed by atoms with Crippen molar-refractivity contribution >= 4 is 5.91 Å². The predicted octanol–water partition coefficient (Wildman–Crippen LogP) is 1.45. The first-order chi connectivity index (χ1) is 7.85. The molecule has 0 aromatic heterocycles. The molecule has 0 saturated carbocycles. The molecule has 0 radical (unpaired) electrons. The van der Waals surface area contributed by atoms with Gasteiger partial charge >= 0.3 is 0 Å². The lowest BCUT2D eigenvalue weighted by atomic mass is 9.93. The van der Waals surface area contributed by atoms with E-state index in [0.29, 0.717) is 18.7 Å². The highest BCUT2D eigenvalue weighted by molar-refractivity contribution is 5.94. The summed E-state index contributed by atoms with van der Waals surface area (Å²) in [4.78, 5) is 13.7. The molecule has 0 atom stereocenters. The Balaban J connectivity index is 2.73. The second-order valence-electron chi connectivity index (χ2n) is 5.08. The fourth-order valence-corrected chi connectivity index (χ4v) is 1.60. The van der Waals surface area contributed by atoms with Gasteiger partial charge in [-0.25, -0.2) is 0 Å². The number of carbonyl (C=O) groups excluding carboxylic acids is 1. The summed E-state index contributed by atoms with van der Waals surface area (Å²) in [7, 11) is 1.76. The number of aromatic hydroxyl groups is 1. The van der Waals surface area contributed by atoms with Gasteiger partial charge in [-0.05, 0) is 36.2 Å². The first kappa shape index (κ1) is 13.5. The number of carbonyl (C=O) groups is 1. The average Bonchev–Trinajstić information content (AvgIpc) is 2.28. The van der Waals surface area contributed by atoms with Crippen LogP contribution in [-0.4, -0.2) is 36.1 Å². The maximum absolute atomic E-state index is 12.1. The van der Waals surface area contributed by atoms with E-state index in [4.69, 9.17) is 10.8 Å². The van der Waals surface area contributed by atoms with Gasteiger partial charge < -0.3 is 15.7 Å². The summed E-state index contributed by atoms with van der Waals surface area (Å²) < 4.78 is 0. The van der Waals surface area contributed by atoms with E-state index in [2.05, 4.69) is 0 Å². The molecule has 0 aliphatic heterocycles. The molecule has 1 aromatic carbocycles. The summed E-state index contributed by atoms with van der Waals surface area (Å²) in [5.41, 5.74) is 6.11. The Kier molecular flexibility index (Phi) is 4.12. The van der Waals surface area contributed by atoms with E-state index in [0.717, 1.165) is 0 Å². The Morgan fingerprint density at radius 3 is 2.35 bits per heavy atom. The van der Waals surface area contributed by atoms with E-state index in [9.17, 15) is 4.79 Å². The number of hydrogen-bond donors (Lipinski definition) is 2. The second-order valence-corrected chi connectivity index (χ2v) is 5.08. The Morgan fingerprint density at radius 2 is 1.88 bits per heavy atom. The van der Waals surface area contributed by atoms with E-state index in [1.807, 2.05) is 13.8 Å². The van der Waals surface area contributed by atoms with E-state index >= 15 is 0 Å². The number of nitrogens with two attached hydrogens (primary N) is 1. The molecule has 0 aliphatic rings. The quantitative estimate of drug-likeness (QED) is 0.831. The smallest absolute Gasteiger partial charge is 0.253 e. The largest absolute Gasteiger partial charge is 0.508 e. The van der Waals surface area contributed by atoms with Crippen LogP contribution in [0.15, 0.2) is 24.3 Å². The van der Waals surface area contributed by atoms with Gasteiger partial charge in [0.25, 0.3) is 5.91 Å². The number of phenols is 1. The van der Waals surface area contributed by atoms with Crippen LogP contribution in [0.25, 0.3) is 0 Å². The molecular formula is C13H20N2O2. The summed E-state index contributed by atoms with van der Waals surface area (Å²) in [5.74, 6) is 0.0954. The van der Waals surface area contributed by atoms with Gasteiger partial charge in [-0.15, -0.1) is 0 Å². The number of phenolic OH excluding ortho intramolecular Hbond substituents is 1. The van der Waals surface area contributed by atoms with Crippen molar-refractivity contribution in [3.05, 3.63) is 29.8 Å². The van der Waals surface area contributed by atoms with Gasteiger partial charge in [0.2, 0.25) is 0 Å². The first-order valence-corrected chi connectivity index (χ1v) is 5.60. The molecular weight excluding hydrogens is 216 g/mol. The van der Waals surface area contributed by atoms with Gasteiger partial charge in [0.15, 0.2) is 0 Å². The van der Waals surface area contributed by atoms with Gasteiger partial charge in [-0.2, -0.15) is 0 Å². The minimum Gasteiger partial charge on any atom is -0.508 e. The topological polar surface area (TPSA) is 66.6 Å². The van der Waals surface area contributed by atoms with Crippen LogP contribution in [0.4, 0.5) is 0 Å². The summed E-state index contributed by atoms with van der Waals surface area (Å²) in [6.07, 6.45) is 0. The Labute approximate surface area is 102 Å². The van der Waals surface area contributed by atoms with E-state index in [-0.39, 0.29) is 17.1 Å². The molecule has 1 aromatic rings. The fourth-order valence-electron chi connectivity index (χ4n) is 1.60. The van der Waals surface area contributed by atoms with Crippen LogP contribution in [-0.2, 0) is 0 Å². The molecule has 17 heavy (non-hydrogen) atoms. The lowest BCUT2D eigenvalue weighted by molar-refractivity contribution is 0.0740. The minimum atomic E-state index is -0.0959. The Hall–Kier alpha value is -1.55. The third-order valence-electron chi connectivity index (χ3n) is 2.68. The number of hydrogen-bond acceptors (Lipinski definition) is 3. The monoisotopic (exact) mass is 236 g/mol. The van der Waals surface area contributed by atoms with Crippen molar-refractivity contribution in [2.24, 2.45) is 11.1 Å². The van der Waals surface area contributed by atoms with Gasteiger partial charge in [0.05, 0.1) is 0 Å². The number of rotatable bonds is 4. The zero-order valence-electron chi connectivity index (χ0n) is 10.6.